The van der Waals surface area contributed by atoms with Crippen molar-refractivity contribution in [3.8, 4) is 11.1 Å². The molecule has 0 saturated carbocycles. The van der Waals surface area contributed by atoms with E-state index in [1.807, 2.05) is 12.1 Å². The van der Waals surface area contributed by atoms with Gasteiger partial charge in [0.2, 0.25) is 0 Å². The molecule has 1 N–H and O–H groups in total. The fourth-order valence-electron chi connectivity index (χ4n) is 4.47. The Balaban J connectivity index is 1.77. The predicted octanol–water partition coefficient (Wildman–Crippen LogP) is 5.04. The van der Waals surface area contributed by atoms with Crippen LogP contribution in [0.25, 0.3) is 22.0 Å². The first-order chi connectivity index (χ1) is 14.0. The molecule has 1 aliphatic heterocycles. The first-order valence-corrected chi connectivity index (χ1v) is 10.7. The number of aromatic amines is 1. The van der Waals surface area contributed by atoms with Gasteiger partial charge in [-0.05, 0) is 45.0 Å². The van der Waals surface area contributed by atoms with Crippen LogP contribution in [0.2, 0.25) is 0 Å². The summed E-state index contributed by atoms with van der Waals surface area (Å²) in [5.74, 6) is 0.105. The molecule has 0 amide bonds. The minimum absolute atomic E-state index is 0.105. The summed E-state index contributed by atoms with van der Waals surface area (Å²) in [6.07, 6.45) is 0. The summed E-state index contributed by atoms with van der Waals surface area (Å²) in [4.78, 5) is 20.5. The Kier molecular flexibility index (Phi) is 5.57. The van der Waals surface area contributed by atoms with E-state index in [0.717, 1.165) is 38.3 Å². The maximum absolute atomic E-state index is 11.7. The molecule has 1 aliphatic rings. The second-order valence-corrected chi connectivity index (χ2v) is 8.24. The van der Waals surface area contributed by atoms with Crippen molar-refractivity contribution in [1.82, 2.24) is 14.8 Å². The molecule has 1 atom stereocenters. The smallest absolute Gasteiger partial charge is 0.159 e. The van der Waals surface area contributed by atoms with Crippen molar-refractivity contribution in [2.24, 2.45) is 0 Å². The average Bonchev–Trinajstić information content (AvgIpc) is 3.11. The largest absolute Gasteiger partial charge is 0.357 e. The molecule has 3 aromatic rings. The topological polar surface area (TPSA) is 39.3 Å². The molecule has 2 aromatic carbocycles. The third kappa shape index (κ3) is 3.87. The lowest BCUT2D eigenvalue weighted by molar-refractivity contribution is 0.101. The summed E-state index contributed by atoms with van der Waals surface area (Å²) in [7, 11) is 0. The van der Waals surface area contributed by atoms with Crippen LogP contribution in [0.1, 0.15) is 48.4 Å². The van der Waals surface area contributed by atoms with Gasteiger partial charge in [-0.15, -0.1) is 0 Å². The van der Waals surface area contributed by atoms with E-state index in [4.69, 9.17) is 0 Å². The monoisotopic (exact) mass is 389 g/mol. The van der Waals surface area contributed by atoms with Crippen molar-refractivity contribution in [2.45, 2.75) is 33.7 Å². The van der Waals surface area contributed by atoms with Crippen LogP contribution in [0.5, 0.6) is 0 Å². The number of carbonyl (C=O) groups excluding carboxylic acids is 1. The summed E-state index contributed by atoms with van der Waals surface area (Å²) in [5, 5.41) is 1.26. The highest BCUT2D eigenvalue weighted by Gasteiger charge is 2.26. The number of hydrogen-bond acceptors (Lipinski definition) is 3. The number of nitrogens with zero attached hydrogens (tertiary/aromatic N) is 2. The molecule has 4 heteroatoms. The predicted molar refractivity (Wildman–Crippen MR) is 121 cm³/mol. The van der Waals surface area contributed by atoms with Crippen LogP contribution in [-0.4, -0.2) is 53.3 Å². The van der Waals surface area contributed by atoms with Crippen LogP contribution in [0.15, 0.2) is 42.5 Å². The van der Waals surface area contributed by atoms with Gasteiger partial charge >= 0.3 is 0 Å². The SMILES string of the molecule is CCN1CCN(C(C)c2[nH]c3ccc(C)cc3c2-c2ccc(C(C)=O)cc2)CC1. The van der Waals surface area contributed by atoms with Crippen LogP contribution in [0.3, 0.4) is 0 Å². The minimum atomic E-state index is 0.105. The zero-order valence-corrected chi connectivity index (χ0v) is 18.0. The molecule has 2 heterocycles. The quantitative estimate of drug-likeness (QED) is 0.621. The van der Waals surface area contributed by atoms with Gasteiger partial charge in [-0.1, -0.05) is 42.8 Å². The number of fused-ring (bicyclic) bond motifs is 1. The van der Waals surface area contributed by atoms with Crippen molar-refractivity contribution in [3.63, 3.8) is 0 Å². The molecule has 4 rings (SSSR count). The number of piperazine rings is 1. The van der Waals surface area contributed by atoms with Crippen molar-refractivity contribution in [1.29, 1.82) is 0 Å². The fourth-order valence-corrected chi connectivity index (χ4v) is 4.47. The van der Waals surface area contributed by atoms with Crippen LogP contribution >= 0.6 is 0 Å². The Bertz CT molecular complexity index is 1010. The number of carbonyl (C=O) groups is 1. The van der Waals surface area contributed by atoms with Gasteiger partial charge in [0, 0.05) is 59.9 Å². The summed E-state index contributed by atoms with van der Waals surface area (Å²) < 4.78 is 0. The molecule has 0 aliphatic carbocycles. The van der Waals surface area contributed by atoms with E-state index in [-0.39, 0.29) is 5.78 Å². The first-order valence-electron chi connectivity index (χ1n) is 10.7. The number of benzene rings is 2. The van der Waals surface area contributed by atoms with E-state index in [1.165, 1.54) is 33.3 Å². The van der Waals surface area contributed by atoms with Gasteiger partial charge in [-0.3, -0.25) is 9.69 Å². The zero-order valence-electron chi connectivity index (χ0n) is 18.0. The standard InChI is InChI=1S/C25H31N3O/c1-5-27-12-14-28(15-13-27)18(3)25-24(21-9-7-20(8-10-21)19(4)29)22-16-17(2)6-11-23(22)26-25/h6-11,16,18,26H,5,12-15H2,1-4H3. The number of hydrogen-bond donors (Lipinski definition) is 1. The third-order valence-corrected chi connectivity index (χ3v) is 6.38. The maximum atomic E-state index is 11.7. The molecular weight excluding hydrogens is 358 g/mol. The zero-order chi connectivity index (χ0) is 20.5. The molecule has 29 heavy (non-hydrogen) atoms. The molecule has 0 spiro atoms. The Morgan fingerprint density at radius 2 is 1.76 bits per heavy atom. The average molecular weight is 390 g/mol. The number of H-pyrrole nitrogens is 1. The summed E-state index contributed by atoms with van der Waals surface area (Å²) in [6.45, 7) is 13.9. The second kappa shape index (κ2) is 8.13. The van der Waals surface area contributed by atoms with Gasteiger partial charge in [0.1, 0.15) is 0 Å². The van der Waals surface area contributed by atoms with Gasteiger partial charge < -0.3 is 9.88 Å². The van der Waals surface area contributed by atoms with Crippen LogP contribution in [0.4, 0.5) is 0 Å². The molecule has 1 saturated heterocycles. The van der Waals surface area contributed by atoms with Crippen LogP contribution in [0, 0.1) is 6.92 Å². The lowest BCUT2D eigenvalue weighted by Crippen LogP contribution is -2.46. The maximum Gasteiger partial charge on any atom is 0.159 e. The van der Waals surface area contributed by atoms with Crippen molar-refractivity contribution >= 4 is 16.7 Å². The van der Waals surface area contributed by atoms with Gasteiger partial charge in [0.05, 0.1) is 0 Å². The van der Waals surface area contributed by atoms with Gasteiger partial charge in [0.25, 0.3) is 0 Å². The van der Waals surface area contributed by atoms with E-state index in [2.05, 4.69) is 65.9 Å². The van der Waals surface area contributed by atoms with E-state index in [0.29, 0.717) is 6.04 Å². The van der Waals surface area contributed by atoms with E-state index in [9.17, 15) is 4.79 Å². The second-order valence-electron chi connectivity index (χ2n) is 8.24. The Morgan fingerprint density at radius 3 is 2.38 bits per heavy atom. The summed E-state index contributed by atoms with van der Waals surface area (Å²) in [5.41, 5.74) is 6.90. The lowest BCUT2D eigenvalue weighted by atomic mass is 9.96. The van der Waals surface area contributed by atoms with Crippen LogP contribution < -0.4 is 0 Å². The normalized spacial score (nSPS) is 17.0. The molecule has 0 bridgehead atoms. The highest BCUT2D eigenvalue weighted by molar-refractivity contribution is 5.99. The number of aromatic nitrogens is 1. The molecule has 1 aromatic heterocycles. The van der Waals surface area contributed by atoms with Crippen molar-refractivity contribution in [2.75, 3.05) is 32.7 Å². The molecule has 1 unspecified atom stereocenters. The van der Waals surface area contributed by atoms with Crippen molar-refractivity contribution in [3.05, 3.63) is 59.3 Å². The number of aryl methyl sites for hydroxylation is 1. The first kappa shape index (κ1) is 19.9. The summed E-state index contributed by atoms with van der Waals surface area (Å²) >= 11 is 0. The van der Waals surface area contributed by atoms with E-state index in [1.54, 1.807) is 6.92 Å². The number of likely N-dealkylation sites (N-methyl/N-ethyl adjacent to an activating group) is 1. The molecule has 152 valence electrons. The molecule has 4 nitrogen and oxygen atoms in total. The Morgan fingerprint density at radius 1 is 1.07 bits per heavy atom. The van der Waals surface area contributed by atoms with Gasteiger partial charge in [-0.2, -0.15) is 0 Å². The van der Waals surface area contributed by atoms with Gasteiger partial charge in [0.15, 0.2) is 5.78 Å². The number of rotatable bonds is 5. The number of ketones is 1. The molecular formula is C25H31N3O. The molecule has 1 fully saturated rings. The highest BCUT2D eigenvalue weighted by atomic mass is 16.1. The number of Topliss-reactive ketones (excluding diaryl/α,β-unsaturated/α-hetero) is 1. The van der Waals surface area contributed by atoms with E-state index >= 15 is 0 Å². The van der Waals surface area contributed by atoms with Gasteiger partial charge in [-0.25, -0.2) is 0 Å². The Labute approximate surface area is 173 Å². The lowest BCUT2D eigenvalue weighted by Gasteiger charge is -2.37. The van der Waals surface area contributed by atoms with E-state index < -0.39 is 0 Å². The Hall–Kier alpha value is -2.43. The number of nitrogens with one attached hydrogen (secondary N) is 1. The minimum Gasteiger partial charge on any atom is -0.357 e. The summed E-state index contributed by atoms with van der Waals surface area (Å²) in [6, 6.07) is 15.0. The molecule has 0 radical (unpaired) electrons. The third-order valence-electron chi connectivity index (χ3n) is 6.38. The highest BCUT2D eigenvalue weighted by Crippen LogP contribution is 2.38. The van der Waals surface area contributed by atoms with Crippen LogP contribution in [-0.2, 0) is 0 Å². The van der Waals surface area contributed by atoms with Crippen molar-refractivity contribution < 1.29 is 4.79 Å². The fraction of sp³-hybridized carbons (Fsp3) is 0.400.